The summed E-state index contributed by atoms with van der Waals surface area (Å²) in [5, 5.41) is 8.86. The SMILES string of the molecule is CC1CCc2sc(-c3nnc(SCc4cc(=O)n5cc(Br)ccc5n4)o3)cc2C1. The van der Waals surface area contributed by atoms with E-state index in [1.54, 1.807) is 17.5 Å². The first kappa shape index (κ1) is 19.0. The highest BCUT2D eigenvalue weighted by atomic mass is 79.9. The first-order valence-corrected chi connectivity index (χ1v) is 11.9. The molecule has 0 saturated heterocycles. The number of hydrogen-bond donors (Lipinski definition) is 0. The van der Waals surface area contributed by atoms with Gasteiger partial charge in [0.05, 0.1) is 10.6 Å². The highest BCUT2D eigenvalue weighted by Gasteiger charge is 2.21. The van der Waals surface area contributed by atoms with E-state index in [0.717, 1.165) is 28.1 Å². The average Bonchev–Trinajstić information content (AvgIpc) is 3.33. The van der Waals surface area contributed by atoms with Gasteiger partial charge in [0.15, 0.2) is 0 Å². The lowest BCUT2D eigenvalue weighted by Gasteiger charge is -2.16. The van der Waals surface area contributed by atoms with Crippen LogP contribution >= 0.6 is 39.0 Å². The highest BCUT2D eigenvalue weighted by molar-refractivity contribution is 9.10. The number of pyridine rings is 1. The topological polar surface area (TPSA) is 73.3 Å². The second-order valence-electron chi connectivity index (χ2n) is 7.23. The highest BCUT2D eigenvalue weighted by Crippen LogP contribution is 2.37. The van der Waals surface area contributed by atoms with Crippen molar-refractivity contribution in [3.8, 4) is 10.8 Å². The maximum Gasteiger partial charge on any atom is 0.277 e. The lowest BCUT2D eigenvalue weighted by molar-refractivity contribution is 0.466. The van der Waals surface area contributed by atoms with Gasteiger partial charge in [-0.1, -0.05) is 18.7 Å². The molecule has 0 saturated carbocycles. The predicted molar refractivity (Wildman–Crippen MR) is 118 cm³/mol. The van der Waals surface area contributed by atoms with Crippen LogP contribution in [0.3, 0.4) is 0 Å². The summed E-state index contributed by atoms with van der Waals surface area (Å²) < 4.78 is 8.21. The van der Waals surface area contributed by atoms with Crippen LogP contribution in [0.1, 0.15) is 29.5 Å². The van der Waals surface area contributed by atoms with Crippen LogP contribution in [0.5, 0.6) is 0 Å². The number of rotatable bonds is 4. The van der Waals surface area contributed by atoms with Gasteiger partial charge in [-0.3, -0.25) is 9.20 Å². The molecule has 4 aromatic rings. The minimum atomic E-state index is -0.114. The van der Waals surface area contributed by atoms with Gasteiger partial charge in [0.2, 0.25) is 0 Å². The molecule has 0 amide bonds. The molecule has 6 nitrogen and oxygen atoms in total. The van der Waals surface area contributed by atoms with Crippen molar-refractivity contribution in [1.29, 1.82) is 0 Å². The first-order chi connectivity index (χ1) is 14.0. The fourth-order valence-electron chi connectivity index (χ4n) is 3.51. The smallest absolute Gasteiger partial charge is 0.277 e. The average molecular weight is 489 g/mol. The van der Waals surface area contributed by atoms with Gasteiger partial charge in [-0.2, -0.15) is 0 Å². The van der Waals surface area contributed by atoms with Crippen molar-refractivity contribution in [1.82, 2.24) is 19.6 Å². The molecule has 0 bridgehead atoms. The number of halogens is 1. The van der Waals surface area contributed by atoms with Crippen molar-refractivity contribution in [3.05, 3.63) is 61.4 Å². The fourth-order valence-corrected chi connectivity index (χ4v) is 5.64. The normalized spacial score (nSPS) is 16.3. The van der Waals surface area contributed by atoms with E-state index in [9.17, 15) is 4.79 Å². The minimum Gasteiger partial charge on any atom is -0.410 e. The van der Waals surface area contributed by atoms with Crippen LogP contribution in [0.4, 0.5) is 0 Å². The molecule has 4 heterocycles. The van der Waals surface area contributed by atoms with Crippen LogP contribution in [-0.4, -0.2) is 19.6 Å². The molecule has 29 heavy (non-hydrogen) atoms. The van der Waals surface area contributed by atoms with Crippen molar-refractivity contribution in [2.45, 2.75) is 37.2 Å². The Morgan fingerprint density at radius 3 is 3.14 bits per heavy atom. The second-order valence-corrected chi connectivity index (χ2v) is 10.2. The number of aromatic nitrogens is 4. The van der Waals surface area contributed by atoms with Gasteiger partial charge >= 0.3 is 0 Å². The number of aryl methyl sites for hydroxylation is 1. The summed E-state index contributed by atoms with van der Waals surface area (Å²) in [4.78, 5) is 19.3. The Morgan fingerprint density at radius 1 is 1.34 bits per heavy atom. The zero-order chi connectivity index (χ0) is 20.0. The van der Waals surface area contributed by atoms with Crippen LogP contribution in [-0.2, 0) is 18.6 Å². The molecule has 0 spiro atoms. The van der Waals surface area contributed by atoms with E-state index >= 15 is 0 Å². The zero-order valence-electron chi connectivity index (χ0n) is 15.6. The van der Waals surface area contributed by atoms with E-state index in [0.29, 0.717) is 28.2 Å². The van der Waals surface area contributed by atoms with Crippen molar-refractivity contribution in [2.24, 2.45) is 5.92 Å². The fraction of sp³-hybridized carbons (Fsp3) is 0.300. The maximum atomic E-state index is 12.3. The summed E-state index contributed by atoms with van der Waals surface area (Å²) >= 11 is 6.52. The molecule has 0 aliphatic heterocycles. The monoisotopic (exact) mass is 488 g/mol. The largest absolute Gasteiger partial charge is 0.410 e. The van der Waals surface area contributed by atoms with E-state index in [1.165, 1.54) is 39.1 Å². The molecular weight excluding hydrogens is 472 g/mol. The summed E-state index contributed by atoms with van der Waals surface area (Å²) in [5.74, 6) is 1.79. The molecule has 0 N–H and O–H groups in total. The van der Waals surface area contributed by atoms with Gasteiger partial charge in [0.25, 0.3) is 16.7 Å². The van der Waals surface area contributed by atoms with E-state index in [-0.39, 0.29) is 5.56 Å². The molecule has 9 heteroatoms. The maximum absolute atomic E-state index is 12.3. The molecular formula is C20H17BrN4O2S2. The standard InChI is InChI=1S/C20H17BrN4O2S2/c1-11-2-4-15-12(6-11)7-16(29-15)19-23-24-20(27-19)28-10-14-8-18(26)25-9-13(21)3-5-17(25)22-14/h3,5,7-9,11H,2,4,6,10H2,1H3. The summed E-state index contributed by atoms with van der Waals surface area (Å²) in [5.41, 5.74) is 2.60. The summed E-state index contributed by atoms with van der Waals surface area (Å²) in [6, 6.07) is 7.41. The molecule has 1 aliphatic carbocycles. The molecule has 0 aromatic carbocycles. The number of thiophene rings is 1. The van der Waals surface area contributed by atoms with Crippen molar-refractivity contribution in [3.63, 3.8) is 0 Å². The van der Waals surface area contributed by atoms with Crippen LogP contribution < -0.4 is 5.56 Å². The lowest BCUT2D eigenvalue weighted by Crippen LogP contribution is -2.15. The second kappa shape index (κ2) is 7.70. The Bertz CT molecular complexity index is 1260. The molecule has 0 fully saturated rings. The third-order valence-corrected chi connectivity index (χ3v) is 7.51. The van der Waals surface area contributed by atoms with Gasteiger partial charge in [-0.25, -0.2) is 4.98 Å². The van der Waals surface area contributed by atoms with Gasteiger partial charge in [0, 0.05) is 27.4 Å². The molecule has 1 unspecified atom stereocenters. The van der Waals surface area contributed by atoms with E-state index in [4.69, 9.17) is 4.42 Å². The van der Waals surface area contributed by atoms with E-state index in [1.807, 2.05) is 12.1 Å². The first-order valence-electron chi connectivity index (χ1n) is 9.31. The van der Waals surface area contributed by atoms with Gasteiger partial charge in [-0.15, -0.1) is 21.5 Å². The third-order valence-electron chi connectivity index (χ3n) is 4.97. The Kier molecular flexibility index (Phi) is 5.05. The molecule has 5 rings (SSSR count). The minimum absolute atomic E-state index is 0.114. The third kappa shape index (κ3) is 3.91. The van der Waals surface area contributed by atoms with Crippen LogP contribution in [0.15, 0.2) is 49.4 Å². The Hall–Kier alpha value is -1.97. The molecule has 4 aromatic heterocycles. The number of fused-ring (bicyclic) bond motifs is 2. The molecule has 1 aliphatic rings. The molecule has 148 valence electrons. The van der Waals surface area contributed by atoms with Gasteiger partial charge < -0.3 is 4.42 Å². The molecule has 0 radical (unpaired) electrons. The van der Waals surface area contributed by atoms with Crippen LogP contribution in [0.25, 0.3) is 16.4 Å². The Balaban J connectivity index is 1.33. The van der Waals surface area contributed by atoms with Crippen LogP contribution in [0, 0.1) is 5.92 Å². The predicted octanol–water partition coefficient (Wildman–Crippen LogP) is 4.99. The van der Waals surface area contributed by atoms with Crippen molar-refractivity contribution < 1.29 is 4.42 Å². The van der Waals surface area contributed by atoms with Crippen molar-refractivity contribution >= 4 is 44.7 Å². The Morgan fingerprint density at radius 2 is 2.24 bits per heavy atom. The summed E-state index contributed by atoms with van der Waals surface area (Å²) in [6.45, 7) is 2.30. The van der Waals surface area contributed by atoms with Crippen molar-refractivity contribution in [2.75, 3.05) is 0 Å². The number of hydrogen-bond acceptors (Lipinski definition) is 7. The Labute approximate surface area is 183 Å². The molecule has 1 atom stereocenters. The van der Waals surface area contributed by atoms with E-state index < -0.39 is 0 Å². The lowest BCUT2D eigenvalue weighted by atomic mass is 9.90. The number of nitrogens with zero attached hydrogens (tertiary/aromatic N) is 4. The number of thioether (sulfide) groups is 1. The quantitative estimate of drug-likeness (QED) is 0.377. The van der Waals surface area contributed by atoms with E-state index in [2.05, 4.69) is 44.1 Å². The zero-order valence-corrected chi connectivity index (χ0v) is 18.8. The van der Waals surface area contributed by atoms with Gasteiger partial charge in [0.1, 0.15) is 5.65 Å². The van der Waals surface area contributed by atoms with Gasteiger partial charge in [-0.05, 0) is 64.9 Å². The summed E-state index contributed by atoms with van der Waals surface area (Å²) in [7, 11) is 0. The van der Waals surface area contributed by atoms with Crippen LogP contribution in [0.2, 0.25) is 0 Å². The summed E-state index contributed by atoms with van der Waals surface area (Å²) in [6.07, 6.45) is 5.22.